The number of H-pyrrole nitrogens is 1. The zero-order valence-corrected chi connectivity index (χ0v) is 17.8. The predicted octanol–water partition coefficient (Wildman–Crippen LogP) is 0.817. The normalized spacial score (nSPS) is 20.0. The standard InChI is InChI=1S/C24H25N3O6/c28-14-20-19(29)12-21(33-20)27-13-18(23(31)26-24(27)32)22(30)25-11-10-15-6-8-17(9-7-15)16-4-2-1-3-5-16/h1-9,13,19-21,28-29H,10-12,14H2,(H,25,30)(H,26,31,32)/t19-,20+,21+/m0/s1. The van der Waals surface area contributed by atoms with Crippen molar-refractivity contribution in [1.82, 2.24) is 14.9 Å². The Balaban J connectivity index is 1.39. The van der Waals surface area contributed by atoms with Crippen molar-refractivity contribution >= 4 is 5.91 Å². The third kappa shape index (κ3) is 5.11. The van der Waals surface area contributed by atoms with E-state index in [9.17, 15) is 24.6 Å². The van der Waals surface area contributed by atoms with Crippen LogP contribution in [0.4, 0.5) is 0 Å². The molecule has 1 amide bonds. The van der Waals surface area contributed by atoms with Gasteiger partial charge in [0.2, 0.25) is 0 Å². The van der Waals surface area contributed by atoms with Gasteiger partial charge in [0.05, 0.1) is 12.7 Å². The molecule has 0 spiro atoms. The molecule has 1 aromatic heterocycles. The van der Waals surface area contributed by atoms with Crippen molar-refractivity contribution in [2.24, 2.45) is 0 Å². The van der Waals surface area contributed by atoms with Crippen LogP contribution in [0.2, 0.25) is 0 Å². The van der Waals surface area contributed by atoms with Crippen LogP contribution in [0.15, 0.2) is 70.4 Å². The van der Waals surface area contributed by atoms with Crippen molar-refractivity contribution in [3.05, 3.63) is 92.8 Å². The fraction of sp³-hybridized carbons (Fsp3) is 0.292. The molecule has 33 heavy (non-hydrogen) atoms. The van der Waals surface area contributed by atoms with E-state index < -0.39 is 42.2 Å². The van der Waals surface area contributed by atoms with Crippen LogP contribution in [0.1, 0.15) is 28.6 Å². The summed E-state index contributed by atoms with van der Waals surface area (Å²) in [7, 11) is 0. The Morgan fingerprint density at radius 2 is 1.79 bits per heavy atom. The monoisotopic (exact) mass is 451 g/mol. The molecule has 3 aromatic rings. The van der Waals surface area contributed by atoms with Crippen LogP contribution < -0.4 is 16.6 Å². The van der Waals surface area contributed by atoms with Crippen molar-refractivity contribution in [2.75, 3.05) is 13.2 Å². The second-order valence-corrected chi connectivity index (χ2v) is 7.89. The molecule has 0 saturated carbocycles. The van der Waals surface area contributed by atoms with Gasteiger partial charge in [-0.25, -0.2) is 4.79 Å². The van der Waals surface area contributed by atoms with Crippen molar-refractivity contribution < 1.29 is 19.7 Å². The summed E-state index contributed by atoms with van der Waals surface area (Å²) in [5.41, 5.74) is 1.44. The molecule has 9 heteroatoms. The molecule has 0 unspecified atom stereocenters. The molecular formula is C24H25N3O6. The zero-order valence-electron chi connectivity index (χ0n) is 17.8. The van der Waals surface area contributed by atoms with Crippen LogP contribution in [0.25, 0.3) is 11.1 Å². The zero-order chi connectivity index (χ0) is 23.4. The third-order valence-electron chi connectivity index (χ3n) is 5.67. The van der Waals surface area contributed by atoms with Crippen LogP contribution in [0, 0.1) is 0 Å². The Labute approximate surface area is 189 Å². The molecule has 3 atom stereocenters. The lowest BCUT2D eigenvalue weighted by atomic mass is 10.0. The van der Waals surface area contributed by atoms with E-state index in [1.807, 2.05) is 54.6 Å². The van der Waals surface area contributed by atoms with Gasteiger partial charge in [0.25, 0.3) is 11.5 Å². The quantitative estimate of drug-likeness (QED) is 0.420. The molecule has 4 N–H and O–H groups in total. The molecular weight excluding hydrogens is 426 g/mol. The molecule has 0 aliphatic carbocycles. The average Bonchev–Trinajstić information content (AvgIpc) is 3.20. The number of hydrogen-bond donors (Lipinski definition) is 4. The summed E-state index contributed by atoms with van der Waals surface area (Å²) >= 11 is 0. The Hall–Kier alpha value is -3.53. The Morgan fingerprint density at radius 3 is 2.45 bits per heavy atom. The third-order valence-corrected chi connectivity index (χ3v) is 5.67. The molecule has 1 fully saturated rings. The maximum atomic E-state index is 12.6. The summed E-state index contributed by atoms with van der Waals surface area (Å²) in [5, 5.41) is 21.8. The highest BCUT2D eigenvalue weighted by molar-refractivity contribution is 5.93. The van der Waals surface area contributed by atoms with E-state index in [1.54, 1.807) is 0 Å². The Morgan fingerprint density at radius 1 is 1.09 bits per heavy atom. The van der Waals surface area contributed by atoms with Gasteiger partial charge >= 0.3 is 5.69 Å². The fourth-order valence-electron chi connectivity index (χ4n) is 3.82. The number of amides is 1. The first kappa shape index (κ1) is 22.7. The van der Waals surface area contributed by atoms with Crippen LogP contribution in [-0.4, -0.2) is 51.0 Å². The van der Waals surface area contributed by atoms with Gasteiger partial charge in [-0.1, -0.05) is 54.6 Å². The van der Waals surface area contributed by atoms with Gasteiger partial charge in [0, 0.05) is 19.2 Å². The molecule has 172 valence electrons. The number of nitrogens with one attached hydrogen (secondary N) is 2. The topological polar surface area (TPSA) is 134 Å². The van der Waals surface area contributed by atoms with Crippen molar-refractivity contribution in [2.45, 2.75) is 31.3 Å². The molecule has 9 nitrogen and oxygen atoms in total. The highest BCUT2D eigenvalue weighted by Crippen LogP contribution is 2.27. The first-order valence-electron chi connectivity index (χ1n) is 10.7. The summed E-state index contributed by atoms with van der Waals surface area (Å²) in [6.45, 7) is -0.108. The maximum Gasteiger partial charge on any atom is 0.330 e. The second-order valence-electron chi connectivity index (χ2n) is 7.89. The Kier molecular flexibility index (Phi) is 6.83. The molecule has 2 aromatic carbocycles. The number of hydrogen-bond acceptors (Lipinski definition) is 6. The van der Waals surface area contributed by atoms with E-state index in [0.717, 1.165) is 27.5 Å². The number of aliphatic hydroxyl groups excluding tert-OH is 2. The molecule has 4 rings (SSSR count). The highest BCUT2D eigenvalue weighted by atomic mass is 16.5. The number of aromatic amines is 1. The van der Waals surface area contributed by atoms with E-state index >= 15 is 0 Å². The lowest BCUT2D eigenvalue weighted by Gasteiger charge is -2.15. The van der Waals surface area contributed by atoms with Crippen LogP contribution in [0.5, 0.6) is 0 Å². The van der Waals surface area contributed by atoms with Crippen molar-refractivity contribution in [3.8, 4) is 11.1 Å². The summed E-state index contributed by atoms with van der Waals surface area (Å²) < 4.78 is 6.51. The first-order chi connectivity index (χ1) is 16.0. The maximum absolute atomic E-state index is 12.6. The van der Waals surface area contributed by atoms with Crippen LogP contribution >= 0.6 is 0 Å². The van der Waals surface area contributed by atoms with E-state index in [1.165, 1.54) is 0 Å². The molecule has 0 bridgehead atoms. The SMILES string of the molecule is O=C(NCCc1ccc(-c2ccccc2)cc1)c1cn([C@H]2C[C@H](O)[C@@H](CO)O2)c(=O)[nH]c1=O. The number of carbonyl (C=O) groups excluding carboxylic acids is 1. The van der Waals surface area contributed by atoms with Gasteiger partial charge in [-0.05, 0) is 23.1 Å². The van der Waals surface area contributed by atoms with Crippen molar-refractivity contribution in [1.29, 1.82) is 0 Å². The number of ether oxygens (including phenoxy) is 1. The summed E-state index contributed by atoms with van der Waals surface area (Å²) in [6.07, 6.45) is -0.937. The number of aromatic nitrogens is 2. The molecule has 0 radical (unpaired) electrons. The number of benzene rings is 2. The molecule has 2 heterocycles. The summed E-state index contributed by atoms with van der Waals surface area (Å²) in [5.74, 6) is -0.622. The lowest BCUT2D eigenvalue weighted by Crippen LogP contribution is -2.38. The molecule has 1 aliphatic heterocycles. The summed E-state index contributed by atoms with van der Waals surface area (Å²) in [4.78, 5) is 39.1. The van der Waals surface area contributed by atoms with Gasteiger partial charge in [-0.2, -0.15) is 0 Å². The smallest absolute Gasteiger partial charge is 0.330 e. The number of carbonyl (C=O) groups is 1. The molecule has 1 aliphatic rings. The van der Waals surface area contributed by atoms with Gasteiger partial charge in [-0.3, -0.25) is 19.1 Å². The van der Waals surface area contributed by atoms with E-state index in [0.29, 0.717) is 13.0 Å². The van der Waals surface area contributed by atoms with E-state index in [4.69, 9.17) is 4.74 Å². The molecule has 1 saturated heterocycles. The van der Waals surface area contributed by atoms with Crippen LogP contribution in [-0.2, 0) is 11.2 Å². The van der Waals surface area contributed by atoms with Crippen molar-refractivity contribution in [3.63, 3.8) is 0 Å². The van der Waals surface area contributed by atoms with Gasteiger partial charge in [-0.15, -0.1) is 0 Å². The highest BCUT2D eigenvalue weighted by Gasteiger charge is 2.35. The van der Waals surface area contributed by atoms with Gasteiger partial charge in [0.1, 0.15) is 17.9 Å². The van der Waals surface area contributed by atoms with Gasteiger partial charge in [0.15, 0.2) is 0 Å². The average molecular weight is 451 g/mol. The fourth-order valence-corrected chi connectivity index (χ4v) is 3.82. The number of aliphatic hydroxyl groups is 2. The minimum Gasteiger partial charge on any atom is -0.394 e. The van der Waals surface area contributed by atoms with Crippen LogP contribution in [0.3, 0.4) is 0 Å². The predicted molar refractivity (Wildman–Crippen MR) is 121 cm³/mol. The summed E-state index contributed by atoms with van der Waals surface area (Å²) in [6, 6.07) is 18.0. The lowest BCUT2D eigenvalue weighted by molar-refractivity contribution is -0.0459. The number of nitrogens with zero attached hydrogens (tertiary/aromatic N) is 1. The van der Waals surface area contributed by atoms with E-state index in [2.05, 4.69) is 10.3 Å². The number of rotatable bonds is 7. The first-order valence-corrected chi connectivity index (χ1v) is 10.7. The largest absolute Gasteiger partial charge is 0.394 e. The Bertz CT molecular complexity index is 1220. The minimum absolute atomic E-state index is 0.0528. The van der Waals surface area contributed by atoms with E-state index in [-0.39, 0.29) is 12.0 Å². The minimum atomic E-state index is -0.954. The second kappa shape index (κ2) is 9.95. The van der Waals surface area contributed by atoms with Gasteiger partial charge < -0.3 is 20.3 Å².